The molecule has 0 aliphatic carbocycles. The van der Waals surface area contributed by atoms with Crippen molar-refractivity contribution in [1.82, 2.24) is 9.80 Å². The van der Waals surface area contributed by atoms with Crippen LogP contribution in [-0.2, 0) is 16.0 Å². The molecule has 2 heterocycles. The third-order valence-corrected chi connectivity index (χ3v) is 6.76. The fourth-order valence-electron chi connectivity index (χ4n) is 5.03. The highest BCUT2D eigenvalue weighted by Crippen LogP contribution is 2.43. The van der Waals surface area contributed by atoms with Crippen molar-refractivity contribution in [2.75, 3.05) is 40.4 Å². The van der Waals surface area contributed by atoms with Crippen LogP contribution < -0.4 is 14.2 Å². The highest BCUT2D eigenvalue weighted by molar-refractivity contribution is 6.46. The summed E-state index contributed by atoms with van der Waals surface area (Å²) >= 11 is 0. The van der Waals surface area contributed by atoms with Crippen LogP contribution in [0.3, 0.4) is 0 Å². The molecular weight excluding hydrogens is 484 g/mol. The van der Waals surface area contributed by atoms with Gasteiger partial charge in [0.15, 0.2) is 11.5 Å². The summed E-state index contributed by atoms with van der Waals surface area (Å²) in [6, 6.07) is 10.1. The molecule has 0 bridgehead atoms. The summed E-state index contributed by atoms with van der Waals surface area (Å²) in [5, 5.41) is 11.5. The molecular formula is C30H38N2O6. The van der Waals surface area contributed by atoms with Gasteiger partial charge in [0.1, 0.15) is 17.6 Å². The maximum Gasteiger partial charge on any atom is 0.295 e. The van der Waals surface area contributed by atoms with Crippen LogP contribution in [0, 0.1) is 0 Å². The Hall–Kier alpha value is -3.52. The highest BCUT2D eigenvalue weighted by Gasteiger charge is 2.46. The van der Waals surface area contributed by atoms with Gasteiger partial charge in [0.25, 0.3) is 11.7 Å². The van der Waals surface area contributed by atoms with Gasteiger partial charge in [-0.05, 0) is 88.8 Å². The van der Waals surface area contributed by atoms with Gasteiger partial charge in [-0.1, -0.05) is 13.0 Å². The Morgan fingerprint density at radius 3 is 2.61 bits per heavy atom. The predicted octanol–water partition coefficient (Wildman–Crippen LogP) is 4.57. The summed E-state index contributed by atoms with van der Waals surface area (Å²) in [4.78, 5) is 30.3. The highest BCUT2D eigenvalue weighted by atomic mass is 16.5. The molecule has 1 N–H and O–H groups in total. The Bertz CT molecular complexity index is 1220. The third kappa shape index (κ3) is 5.65. The summed E-state index contributed by atoms with van der Waals surface area (Å²) in [5.74, 6) is 0.439. The van der Waals surface area contributed by atoms with E-state index < -0.39 is 17.7 Å². The lowest BCUT2D eigenvalue weighted by Crippen LogP contribution is -2.32. The van der Waals surface area contributed by atoms with Crippen LogP contribution in [-0.4, -0.2) is 73.1 Å². The van der Waals surface area contributed by atoms with Crippen molar-refractivity contribution in [3.8, 4) is 17.2 Å². The minimum absolute atomic E-state index is 0.0510. The van der Waals surface area contributed by atoms with Gasteiger partial charge in [-0.25, -0.2) is 0 Å². The number of likely N-dealkylation sites (tertiary alicyclic amines) is 1. The van der Waals surface area contributed by atoms with E-state index in [-0.39, 0.29) is 17.4 Å². The van der Waals surface area contributed by atoms with E-state index in [4.69, 9.17) is 14.2 Å². The molecule has 2 aromatic rings. The van der Waals surface area contributed by atoms with Crippen LogP contribution in [0.5, 0.6) is 17.2 Å². The van der Waals surface area contributed by atoms with E-state index in [1.54, 1.807) is 11.0 Å². The lowest BCUT2D eigenvalue weighted by atomic mass is 9.94. The van der Waals surface area contributed by atoms with E-state index >= 15 is 0 Å². The van der Waals surface area contributed by atoms with Crippen molar-refractivity contribution in [1.29, 1.82) is 0 Å². The average molecular weight is 523 g/mol. The minimum Gasteiger partial charge on any atom is -0.507 e. The largest absolute Gasteiger partial charge is 0.507 e. The Balaban J connectivity index is 1.80. The van der Waals surface area contributed by atoms with Crippen molar-refractivity contribution in [2.45, 2.75) is 52.2 Å². The summed E-state index contributed by atoms with van der Waals surface area (Å²) in [6.07, 6.45) is 2.30. The van der Waals surface area contributed by atoms with Gasteiger partial charge in [0.05, 0.1) is 24.8 Å². The minimum atomic E-state index is -0.750. The number of ketones is 1. The molecule has 0 saturated carbocycles. The molecule has 2 aliphatic heterocycles. The topological polar surface area (TPSA) is 88.5 Å². The smallest absolute Gasteiger partial charge is 0.295 e. The van der Waals surface area contributed by atoms with E-state index in [9.17, 15) is 14.7 Å². The molecule has 4 rings (SSSR count). The molecule has 8 heteroatoms. The van der Waals surface area contributed by atoms with Crippen LogP contribution in [0.15, 0.2) is 42.0 Å². The number of aliphatic hydroxyl groups is 1. The maximum atomic E-state index is 13.4. The second kappa shape index (κ2) is 11.9. The van der Waals surface area contributed by atoms with Gasteiger partial charge in [-0.2, -0.15) is 0 Å². The van der Waals surface area contributed by atoms with Crippen molar-refractivity contribution < 1.29 is 28.9 Å². The molecule has 0 unspecified atom stereocenters. The van der Waals surface area contributed by atoms with Crippen LogP contribution in [0.25, 0.3) is 5.76 Å². The first-order valence-electron chi connectivity index (χ1n) is 13.4. The molecule has 1 fully saturated rings. The number of aliphatic hydroxyl groups excluding tert-OH is 1. The Labute approximate surface area is 224 Å². The molecule has 0 spiro atoms. The van der Waals surface area contributed by atoms with E-state index in [1.807, 2.05) is 70.1 Å². The fourth-order valence-corrected chi connectivity index (χ4v) is 5.03. The zero-order valence-electron chi connectivity index (χ0n) is 23.0. The maximum absolute atomic E-state index is 13.4. The predicted molar refractivity (Wildman–Crippen MR) is 146 cm³/mol. The molecule has 0 aromatic heterocycles. The zero-order chi connectivity index (χ0) is 27.4. The summed E-state index contributed by atoms with van der Waals surface area (Å²) in [5.41, 5.74) is 2.22. The zero-order valence-corrected chi connectivity index (χ0v) is 23.0. The number of carbonyl (C=O) groups is 2. The molecule has 0 radical (unpaired) electrons. The van der Waals surface area contributed by atoms with E-state index in [2.05, 4.69) is 0 Å². The number of nitrogens with zero attached hydrogens (tertiary/aromatic N) is 2. The molecule has 1 amide bonds. The first-order chi connectivity index (χ1) is 18.2. The number of carbonyl (C=O) groups excluding carboxylic acids is 2. The number of hydrogen-bond acceptors (Lipinski definition) is 7. The lowest BCUT2D eigenvalue weighted by molar-refractivity contribution is -0.139. The van der Waals surface area contributed by atoms with Crippen LogP contribution in [0.4, 0.5) is 0 Å². The fraction of sp³-hybridized carbons (Fsp3) is 0.467. The Morgan fingerprint density at radius 2 is 1.89 bits per heavy atom. The van der Waals surface area contributed by atoms with Crippen molar-refractivity contribution in [3.63, 3.8) is 0 Å². The quantitative estimate of drug-likeness (QED) is 0.263. The second-order valence-corrected chi connectivity index (χ2v) is 10.1. The van der Waals surface area contributed by atoms with E-state index in [0.29, 0.717) is 48.8 Å². The van der Waals surface area contributed by atoms with Crippen molar-refractivity contribution >= 4 is 17.4 Å². The number of ether oxygens (including phenoxy) is 3. The standard InChI is InChI=1S/C30H38N2O6/c1-6-15-37-24-12-9-20(18-25(24)36-7-2)27-26(29(34)30(35)32(27)14-8-13-31(4)5)28(33)21-10-11-23-22(17-21)16-19(3)38-23/h9-12,17-19,27,33H,6-8,13-16H2,1-5H3/t19-,27+/m0/s1. The first-order valence-corrected chi connectivity index (χ1v) is 13.4. The van der Waals surface area contributed by atoms with Crippen molar-refractivity contribution in [2.24, 2.45) is 0 Å². The Kier molecular flexibility index (Phi) is 8.62. The number of benzene rings is 2. The van der Waals surface area contributed by atoms with Crippen LogP contribution in [0.2, 0.25) is 0 Å². The lowest BCUT2D eigenvalue weighted by Gasteiger charge is -2.26. The molecule has 2 aliphatic rings. The SMILES string of the molecule is CCCOc1ccc([C@@H]2C(=C(O)c3ccc4c(c3)C[C@H](C)O4)C(=O)C(=O)N2CCCN(C)C)cc1OCC. The van der Waals surface area contributed by atoms with Crippen LogP contribution in [0.1, 0.15) is 56.3 Å². The number of Topliss-reactive ketones (excluding diaryl/α,β-unsaturated/α-hetero) is 1. The first kappa shape index (κ1) is 27.5. The molecule has 2 atom stereocenters. The summed E-state index contributed by atoms with van der Waals surface area (Å²) < 4.78 is 17.5. The average Bonchev–Trinajstić information content (AvgIpc) is 3.38. The van der Waals surface area contributed by atoms with E-state index in [0.717, 1.165) is 30.7 Å². The van der Waals surface area contributed by atoms with Crippen LogP contribution >= 0.6 is 0 Å². The number of rotatable bonds is 11. The number of hydrogen-bond donors (Lipinski definition) is 1. The second-order valence-electron chi connectivity index (χ2n) is 10.1. The number of amides is 1. The van der Waals surface area contributed by atoms with Gasteiger partial charge >= 0.3 is 0 Å². The molecule has 2 aromatic carbocycles. The Morgan fingerprint density at radius 1 is 1.11 bits per heavy atom. The van der Waals surface area contributed by atoms with Gasteiger partial charge < -0.3 is 29.1 Å². The van der Waals surface area contributed by atoms with Gasteiger partial charge in [-0.3, -0.25) is 9.59 Å². The van der Waals surface area contributed by atoms with Gasteiger partial charge in [0.2, 0.25) is 0 Å². The van der Waals surface area contributed by atoms with Crippen molar-refractivity contribution in [3.05, 3.63) is 58.7 Å². The van der Waals surface area contributed by atoms with Gasteiger partial charge in [0, 0.05) is 18.5 Å². The summed E-state index contributed by atoms with van der Waals surface area (Å²) in [6.45, 7) is 8.02. The molecule has 1 saturated heterocycles. The molecule has 204 valence electrons. The molecule has 38 heavy (non-hydrogen) atoms. The summed E-state index contributed by atoms with van der Waals surface area (Å²) in [7, 11) is 3.93. The molecule has 8 nitrogen and oxygen atoms in total. The van der Waals surface area contributed by atoms with Gasteiger partial charge in [-0.15, -0.1) is 0 Å². The monoisotopic (exact) mass is 522 g/mol. The number of fused-ring (bicyclic) bond motifs is 1. The normalized spacial score (nSPS) is 20.1. The van der Waals surface area contributed by atoms with E-state index in [1.165, 1.54) is 0 Å². The third-order valence-electron chi connectivity index (χ3n) is 6.76.